The first-order chi connectivity index (χ1) is 9.91. The number of primary amides is 1. The van der Waals surface area contributed by atoms with Gasteiger partial charge in [0.05, 0.1) is 15.4 Å². The number of carbonyl (C=O) groups excluding carboxylic acids is 1. The molecule has 0 aliphatic carbocycles. The van der Waals surface area contributed by atoms with Crippen LogP contribution in [0, 0.1) is 0 Å². The summed E-state index contributed by atoms with van der Waals surface area (Å²) in [7, 11) is -9.40. The number of nitrogens with two attached hydrogens (primary N) is 1. The standard InChI is InChI=1S/C11H9NO8S2/c12-11(14)8-3-6(21(15,16)17)1-5-2-7(22(18,19)20)4-9(13)10(5)8/h1-4,13H,(H2,12,14)(H,15,16,17)(H,18,19,20). The van der Waals surface area contributed by atoms with Crippen LogP contribution in [0.1, 0.15) is 10.4 Å². The van der Waals surface area contributed by atoms with E-state index < -0.39 is 47.2 Å². The van der Waals surface area contributed by atoms with E-state index in [1.54, 1.807) is 0 Å². The molecule has 0 radical (unpaired) electrons. The van der Waals surface area contributed by atoms with Crippen molar-refractivity contribution in [1.29, 1.82) is 0 Å². The van der Waals surface area contributed by atoms with Gasteiger partial charge in [0, 0.05) is 11.5 Å². The molecule has 0 fully saturated rings. The van der Waals surface area contributed by atoms with Crippen molar-refractivity contribution in [2.45, 2.75) is 9.79 Å². The van der Waals surface area contributed by atoms with Gasteiger partial charge in [0.25, 0.3) is 20.2 Å². The van der Waals surface area contributed by atoms with Crippen LogP contribution in [0.25, 0.3) is 10.8 Å². The van der Waals surface area contributed by atoms with Gasteiger partial charge < -0.3 is 10.8 Å². The molecule has 0 saturated heterocycles. The first-order valence-corrected chi connectivity index (χ1v) is 8.35. The van der Waals surface area contributed by atoms with Crippen LogP contribution in [0.5, 0.6) is 5.75 Å². The van der Waals surface area contributed by atoms with Gasteiger partial charge in [-0.05, 0) is 23.6 Å². The Balaban J connectivity index is 3.04. The number of rotatable bonds is 3. The van der Waals surface area contributed by atoms with E-state index in [2.05, 4.69) is 0 Å². The van der Waals surface area contributed by atoms with Crippen LogP contribution in [0.2, 0.25) is 0 Å². The monoisotopic (exact) mass is 347 g/mol. The minimum Gasteiger partial charge on any atom is -0.507 e. The molecule has 0 saturated carbocycles. The molecular formula is C11H9NO8S2. The summed E-state index contributed by atoms with van der Waals surface area (Å²) in [6.07, 6.45) is 0. The van der Waals surface area contributed by atoms with Crippen molar-refractivity contribution >= 4 is 36.9 Å². The first kappa shape index (κ1) is 16.2. The Hall–Kier alpha value is -2.21. The number of carbonyl (C=O) groups is 1. The number of fused-ring (bicyclic) bond motifs is 1. The summed E-state index contributed by atoms with van der Waals surface area (Å²) < 4.78 is 62.6. The van der Waals surface area contributed by atoms with Crippen molar-refractivity contribution in [2.24, 2.45) is 5.73 Å². The Labute approximate surface area is 124 Å². The Bertz CT molecular complexity index is 1000. The molecule has 11 heteroatoms. The number of phenolic OH excluding ortho intramolecular Hbond substituents is 1. The van der Waals surface area contributed by atoms with Gasteiger partial charge in [-0.15, -0.1) is 0 Å². The van der Waals surface area contributed by atoms with Crippen LogP contribution >= 0.6 is 0 Å². The zero-order valence-corrected chi connectivity index (χ0v) is 12.2. The molecule has 0 bridgehead atoms. The minimum atomic E-state index is -4.71. The average Bonchev–Trinajstić information content (AvgIpc) is 2.34. The molecule has 0 heterocycles. The molecule has 2 aromatic carbocycles. The second kappa shape index (κ2) is 4.91. The number of amides is 1. The molecule has 9 nitrogen and oxygen atoms in total. The SMILES string of the molecule is NC(=O)c1cc(S(=O)(=O)O)cc2cc(S(=O)(=O)O)cc(O)c12. The third kappa shape index (κ3) is 2.87. The maximum atomic E-state index is 11.4. The predicted molar refractivity (Wildman–Crippen MR) is 73.8 cm³/mol. The van der Waals surface area contributed by atoms with Crippen LogP contribution in [-0.4, -0.2) is 37.0 Å². The molecule has 0 aromatic heterocycles. The molecule has 2 rings (SSSR count). The fourth-order valence-electron chi connectivity index (χ4n) is 1.93. The summed E-state index contributed by atoms with van der Waals surface area (Å²) in [5, 5.41) is 9.40. The van der Waals surface area contributed by atoms with Gasteiger partial charge >= 0.3 is 0 Å². The summed E-state index contributed by atoms with van der Waals surface area (Å²) in [6, 6.07) is 3.07. The van der Waals surface area contributed by atoms with Gasteiger partial charge in [-0.25, -0.2) is 0 Å². The number of aromatic hydroxyl groups is 1. The maximum Gasteiger partial charge on any atom is 0.294 e. The van der Waals surface area contributed by atoms with Gasteiger partial charge in [0.1, 0.15) is 5.75 Å². The number of phenols is 1. The summed E-state index contributed by atoms with van der Waals surface area (Å²) >= 11 is 0. The van der Waals surface area contributed by atoms with Crippen molar-refractivity contribution in [3.8, 4) is 5.75 Å². The molecule has 0 unspecified atom stereocenters. The lowest BCUT2D eigenvalue weighted by Crippen LogP contribution is -2.13. The molecule has 0 atom stereocenters. The molecule has 0 spiro atoms. The molecule has 118 valence electrons. The maximum absolute atomic E-state index is 11.4. The topological polar surface area (TPSA) is 172 Å². The molecule has 22 heavy (non-hydrogen) atoms. The zero-order chi connectivity index (χ0) is 16.9. The lowest BCUT2D eigenvalue weighted by Gasteiger charge is -2.09. The van der Waals surface area contributed by atoms with E-state index in [1.807, 2.05) is 0 Å². The zero-order valence-electron chi connectivity index (χ0n) is 10.6. The van der Waals surface area contributed by atoms with Crippen LogP contribution in [0.15, 0.2) is 34.1 Å². The van der Waals surface area contributed by atoms with Gasteiger partial charge in [-0.2, -0.15) is 16.8 Å². The van der Waals surface area contributed by atoms with Crippen LogP contribution in [0.4, 0.5) is 0 Å². The second-order valence-corrected chi connectivity index (χ2v) is 7.17. The molecule has 2 aromatic rings. The highest BCUT2D eigenvalue weighted by molar-refractivity contribution is 7.86. The van der Waals surface area contributed by atoms with Crippen LogP contribution in [-0.2, 0) is 20.2 Å². The van der Waals surface area contributed by atoms with E-state index in [1.165, 1.54) is 0 Å². The van der Waals surface area contributed by atoms with Gasteiger partial charge in [0.2, 0.25) is 5.91 Å². The van der Waals surface area contributed by atoms with E-state index in [4.69, 9.17) is 14.8 Å². The van der Waals surface area contributed by atoms with Crippen LogP contribution in [0.3, 0.4) is 0 Å². The van der Waals surface area contributed by atoms with Crippen molar-refractivity contribution in [3.63, 3.8) is 0 Å². The number of hydrogen-bond donors (Lipinski definition) is 4. The molecule has 1 amide bonds. The van der Waals surface area contributed by atoms with Crippen molar-refractivity contribution in [3.05, 3.63) is 29.8 Å². The summed E-state index contributed by atoms with van der Waals surface area (Å²) in [5.41, 5.74) is 4.65. The summed E-state index contributed by atoms with van der Waals surface area (Å²) in [4.78, 5) is 9.95. The molecule has 0 aliphatic rings. The van der Waals surface area contributed by atoms with E-state index >= 15 is 0 Å². The van der Waals surface area contributed by atoms with Gasteiger partial charge in [0.15, 0.2) is 0 Å². The normalized spacial score (nSPS) is 12.5. The highest BCUT2D eigenvalue weighted by Gasteiger charge is 2.21. The fraction of sp³-hybridized carbons (Fsp3) is 0. The van der Waals surface area contributed by atoms with E-state index in [-0.39, 0.29) is 10.8 Å². The third-order valence-corrected chi connectivity index (χ3v) is 4.50. The number of benzene rings is 2. The third-order valence-electron chi connectivity index (χ3n) is 2.84. The Morgan fingerprint density at radius 2 is 1.36 bits per heavy atom. The Morgan fingerprint density at radius 3 is 1.77 bits per heavy atom. The fourth-order valence-corrected chi connectivity index (χ4v) is 3.01. The minimum absolute atomic E-state index is 0.215. The highest BCUT2D eigenvalue weighted by Crippen LogP contribution is 2.33. The van der Waals surface area contributed by atoms with E-state index in [0.29, 0.717) is 6.07 Å². The van der Waals surface area contributed by atoms with Gasteiger partial charge in [-0.3, -0.25) is 13.9 Å². The Morgan fingerprint density at radius 1 is 0.909 bits per heavy atom. The average molecular weight is 347 g/mol. The Kier molecular flexibility index (Phi) is 3.61. The molecule has 5 N–H and O–H groups in total. The quantitative estimate of drug-likeness (QED) is 0.567. The summed E-state index contributed by atoms with van der Waals surface area (Å²) in [6.45, 7) is 0. The van der Waals surface area contributed by atoms with Crippen molar-refractivity contribution in [1.82, 2.24) is 0 Å². The first-order valence-electron chi connectivity index (χ1n) is 5.47. The molecular weight excluding hydrogens is 338 g/mol. The lowest BCUT2D eigenvalue weighted by molar-refractivity contribution is 0.100. The summed E-state index contributed by atoms with van der Waals surface area (Å²) in [5.74, 6) is -1.81. The predicted octanol–water partition coefficient (Wildman–Crippen LogP) is 0.138. The molecule has 0 aliphatic heterocycles. The van der Waals surface area contributed by atoms with E-state index in [9.17, 15) is 26.7 Å². The highest BCUT2D eigenvalue weighted by atomic mass is 32.2. The lowest BCUT2D eigenvalue weighted by atomic mass is 10.0. The van der Waals surface area contributed by atoms with Gasteiger partial charge in [-0.1, -0.05) is 0 Å². The number of hydrogen-bond acceptors (Lipinski definition) is 6. The largest absolute Gasteiger partial charge is 0.507 e. The smallest absolute Gasteiger partial charge is 0.294 e. The van der Waals surface area contributed by atoms with E-state index in [0.717, 1.165) is 18.2 Å². The second-order valence-electron chi connectivity index (χ2n) is 4.33. The van der Waals surface area contributed by atoms with Crippen LogP contribution < -0.4 is 5.73 Å². The van der Waals surface area contributed by atoms with Crippen molar-refractivity contribution < 1.29 is 35.8 Å². The van der Waals surface area contributed by atoms with Crippen molar-refractivity contribution in [2.75, 3.05) is 0 Å².